The van der Waals surface area contributed by atoms with Crippen LogP contribution >= 0.6 is 15.9 Å². The van der Waals surface area contributed by atoms with E-state index in [1.54, 1.807) is 13.2 Å². The van der Waals surface area contributed by atoms with Gasteiger partial charge in [0.05, 0.1) is 13.2 Å². The minimum atomic E-state index is -0.438. The summed E-state index contributed by atoms with van der Waals surface area (Å²) in [5, 5.41) is 12.4. The lowest BCUT2D eigenvalue weighted by atomic mass is 10.1. The fraction of sp³-hybridized carbons (Fsp3) is 0.200. The maximum Gasteiger partial charge on any atom is 0.132 e. The quantitative estimate of drug-likeness (QED) is 0.863. The van der Waals surface area contributed by atoms with Crippen LogP contribution in [0.5, 0.6) is 11.5 Å². The van der Waals surface area contributed by atoms with Crippen molar-refractivity contribution in [3.63, 3.8) is 0 Å². The standard InChI is InChI=1S/C15H15BrFNO2/c1-9(14-4-3-12(19)8-15(14)17)18-11-5-10(16)6-13(7-11)20-2/h3-9,18-19H,1-2H3. The van der Waals surface area contributed by atoms with Crippen LogP contribution in [0.2, 0.25) is 0 Å². The first kappa shape index (κ1) is 14.7. The molecule has 0 saturated heterocycles. The topological polar surface area (TPSA) is 41.5 Å². The van der Waals surface area contributed by atoms with E-state index in [9.17, 15) is 9.50 Å². The number of nitrogens with one attached hydrogen (secondary N) is 1. The van der Waals surface area contributed by atoms with Crippen LogP contribution in [0.15, 0.2) is 40.9 Å². The van der Waals surface area contributed by atoms with Crippen LogP contribution in [-0.4, -0.2) is 12.2 Å². The molecule has 0 amide bonds. The van der Waals surface area contributed by atoms with E-state index in [0.29, 0.717) is 11.3 Å². The largest absolute Gasteiger partial charge is 0.508 e. The summed E-state index contributed by atoms with van der Waals surface area (Å²) in [7, 11) is 1.59. The number of hydrogen-bond donors (Lipinski definition) is 2. The summed E-state index contributed by atoms with van der Waals surface area (Å²) in [5.41, 5.74) is 1.30. The Hall–Kier alpha value is -1.75. The second-order valence-electron chi connectivity index (χ2n) is 4.45. The number of phenols is 1. The first-order valence-corrected chi connectivity index (χ1v) is 6.88. The van der Waals surface area contributed by atoms with Gasteiger partial charge in [0.2, 0.25) is 0 Å². The lowest BCUT2D eigenvalue weighted by molar-refractivity contribution is 0.414. The predicted molar refractivity (Wildman–Crippen MR) is 80.8 cm³/mol. The summed E-state index contributed by atoms with van der Waals surface area (Å²) in [6.07, 6.45) is 0. The molecule has 0 fully saturated rings. The molecule has 0 aliphatic heterocycles. The molecule has 0 aliphatic carbocycles. The minimum Gasteiger partial charge on any atom is -0.508 e. The van der Waals surface area contributed by atoms with Gasteiger partial charge in [-0.05, 0) is 25.1 Å². The van der Waals surface area contributed by atoms with Crippen molar-refractivity contribution in [2.45, 2.75) is 13.0 Å². The highest BCUT2D eigenvalue weighted by atomic mass is 79.9. The van der Waals surface area contributed by atoms with E-state index in [1.807, 2.05) is 25.1 Å². The summed E-state index contributed by atoms with van der Waals surface area (Å²) < 4.78 is 19.9. The first-order valence-electron chi connectivity index (χ1n) is 6.09. The van der Waals surface area contributed by atoms with Crippen LogP contribution in [0.3, 0.4) is 0 Å². The number of hydrogen-bond acceptors (Lipinski definition) is 3. The molecule has 20 heavy (non-hydrogen) atoms. The molecule has 0 aromatic heterocycles. The second kappa shape index (κ2) is 6.13. The molecule has 2 aromatic carbocycles. The molecular formula is C15H15BrFNO2. The SMILES string of the molecule is COc1cc(Br)cc(NC(C)c2ccc(O)cc2F)c1. The average Bonchev–Trinajstić information content (AvgIpc) is 2.37. The maximum absolute atomic E-state index is 13.8. The number of rotatable bonds is 4. The van der Waals surface area contributed by atoms with Crippen molar-refractivity contribution in [2.75, 3.05) is 12.4 Å². The zero-order valence-electron chi connectivity index (χ0n) is 11.2. The highest BCUT2D eigenvalue weighted by molar-refractivity contribution is 9.10. The van der Waals surface area contributed by atoms with Crippen LogP contribution in [0.4, 0.5) is 10.1 Å². The Morgan fingerprint density at radius 3 is 2.65 bits per heavy atom. The van der Waals surface area contributed by atoms with Gasteiger partial charge in [-0.15, -0.1) is 0 Å². The summed E-state index contributed by atoms with van der Waals surface area (Å²) in [6.45, 7) is 1.85. The van der Waals surface area contributed by atoms with Crippen LogP contribution in [0.25, 0.3) is 0 Å². The Balaban J connectivity index is 2.22. The van der Waals surface area contributed by atoms with Crippen LogP contribution in [0, 0.1) is 5.82 Å². The molecule has 2 rings (SSSR count). The van der Waals surface area contributed by atoms with Gasteiger partial charge in [-0.3, -0.25) is 0 Å². The van der Waals surface area contributed by atoms with Gasteiger partial charge >= 0.3 is 0 Å². The molecule has 1 unspecified atom stereocenters. The number of anilines is 1. The van der Waals surface area contributed by atoms with Crippen molar-refractivity contribution < 1.29 is 14.2 Å². The normalized spacial score (nSPS) is 12.0. The van der Waals surface area contributed by atoms with Crippen molar-refractivity contribution in [1.82, 2.24) is 0 Å². The zero-order chi connectivity index (χ0) is 14.7. The van der Waals surface area contributed by atoms with Crippen molar-refractivity contribution >= 4 is 21.6 Å². The number of methoxy groups -OCH3 is 1. The number of ether oxygens (including phenoxy) is 1. The predicted octanol–water partition coefficient (Wildman–Crippen LogP) is 4.48. The Morgan fingerprint density at radius 2 is 2.00 bits per heavy atom. The molecular weight excluding hydrogens is 325 g/mol. The van der Waals surface area contributed by atoms with Crippen molar-refractivity contribution in [2.24, 2.45) is 0 Å². The van der Waals surface area contributed by atoms with Gasteiger partial charge in [-0.1, -0.05) is 22.0 Å². The lowest BCUT2D eigenvalue weighted by Gasteiger charge is -2.17. The molecule has 2 aromatic rings. The number of aromatic hydroxyl groups is 1. The molecule has 5 heteroatoms. The van der Waals surface area contributed by atoms with Gasteiger partial charge in [0.25, 0.3) is 0 Å². The maximum atomic E-state index is 13.8. The molecule has 0 heterocycles. The Labute approximate surface area is 125 Å². The molecule has 3 nitrogen and oxygen atoms in total. The molecule has 1 atom stereocenters. The highest BCUT2D eigenvalue weighted by Gasteiger charge is 2.12. The van der Waals surface area contributed by atoms with Gasteiger partial charge in [0.15, 0.2) is 0 Å². The molecule has 106 valence electrons. The van der Waals surface area contributed by atoms with Crippen molar-refractivity contribution in [3.05, 3.63) is 52.3 Å². The average molecular weight is 340 g/mol. The lowest BCUT2D eigenvalue weighted by Crippen LogP contribution is -2.08. The van der Waals surface area contributed by atoms with Crippen LogP contribution in [-0.2, 0) is 0 Å². The molecule has 0 spiro atoms. The van der Waals surface area contributed by atoms with Gasteiger partial charge in [-0.2, -0.15) is 0 Å². The molecule has 0 saturated carbocycles. The van der Waals surface area contributed by atoms with E-state index in [0.717, 1.165) is 16.2 Å². The van der Waals surface area contributed by atoms with Gasteiger partial charge < -0.3 is 15.2 Å². The summed E-state index contributed by atoms with van der Waals surface area (Å²) in [5.74, 6) is 0.190. The van der Waals surface area contributed by atoms with Crippen LogP contribution in [0.1, 0.15) is 18.5 Å². The van der Waals surface area contributed by atoms with Gasteiger partial charge in [0.1, 0.15) is 17.3 Å². The van der Waals surface area contributed by atoms with E-state index < -0.39 is 5.82 Å². The molecule has 0 radical (unpaired) electrons. The first-order chi connectivity index (χ1) is 9.49. The van der Waals surface area contributed by atoms with E-state index in [1.165, 1.54) is 6.07 Å². The summed E-state index contributed by atoms with van der Waals surface area (Å²) in [6, 6.07) is 9.47. The third kappa shape index (κ3) is 3.42. The van der Waals surface area contributed by atoms with E-state index in [-0.39, 0.29) is 11.8 Å². The van der Waals surface area contributed by atoms with Gasteiger partial charge in [0, 0.05) is 27.9 Å². The minimum absolute atomic E-state index is 0.0809. The molecule has 0 aliphatic rings. The van der Waals surface area contributed by atoms with E-state index >= 15 is 0 Å². The summed E-state index contributed by atoms with van der Waals surface area (Å²) in [4.78, 5) is 0. The fourth-order valence-electron chi connectivity index (χ4n) is 1.96. The van der Waals surface area contributed by atoms with Gasteiger partial charge in [-0.25, -0.2) is 4.39 Å². The number of phenolic OH excluding ortho intramolecular Hbond substituents is 1. The Bertz CT molecular complexity index is 619. The molecule has 0 bridgehead atoms. The number of halogens is 2. The monoisotopic (exact) mass is 339 g/mol. The van der Waals surface area contributed by atoms with E-state index in [2.05, 4.69) is 21.2 Å². The zero-order valence-corrected chi connectivity index (χ0v) is 12.7. The van der Waals surface area contributed by atoms with E-state index in [4.69, 9.17) is 4.74 Å². The van der Waals surface area contributed by atoms with Crippen LogP contribution < -0.4 is 10.1 Å². The third-order valence-corrected chi connectivity index (χ3v) is 3.40. The van der Waals surface area contributed by atoms with Crippen molar-refractivity contribution in [3.8, 4) is 11.5 Å². The Kier molecular flexibility index (Phi) is 4.49. The Morgan fingerprint density at radius 1 is 1.25 bits per heavy atom. The van der Waals surface area contributed by atoms with Crippen molar-refractivity contribution in [1.29, 1.82) is 0 Å². The summed E-state index contributed by atoms with van der Waals surface area (Å²) >= 11 is 3.40. The number of benzene rings is 2. The molecule has 2 N–H and O–H groups in total. The highest BCUT2D eigenvalue weighted by Crippen LogP contribution is 2.29. The smallest absolute Gasteiger partial charge is 0.132 e. The second-order valence-corrected chi connectivity index (χ2v) is 5.37. The third-order valence-electron chi connectivity index (χ3n) is 2.94. The fourth-order valence-corrected chi connectivity index (χ4v) is 2.43.